The molecule has 3 rings (SSSR count). The monoisotopic (exact) mass is 358 g/mol. The van der Waals surface area contributed by atoms with E-state index in [2.05, 4.69) is 0 Å². The van der Waals surface area contributed by atoms with Gasteiger partial charge in [-0.25, -0.2) is 4.79 Å². The van der Waals surface area contributed by atoms with Crippen molar-refractivity contribution in [2.24, 2.45) is 0 Å². The van der Waals surface area contributed by atoms with Crippen LogP contribution in [-0.2, 0) is 4.79 Å². The lowest BCUT2D eigenvalue weighted by Gasteiger charge is -2.33. The van der Waals surface area contributed by atoms with E-state index < -0.39 is 30.2 Å². The maximum atomic E-state index is 11.3. The average Bonchev–Trinajstić information content (AvgIpc) is 2.59. The van der Waals surface area contributed by atoms with Crippen molar-refractivity contribution in [3.8, 4) is 0 Å². The number of aliphatic carboxylic acids is 1. The molecule has 25 heavy (non-hydrogen) atoms. The first-order valence-electron chi connectivity index (χ1n) is 7.77. The van der Waals surface area contributed by atoms with Gasteiger partial charge in [-0.3, -0.25) is 0 Å². The summed E-state index contributed by atoms with van der Waals surface area (Å²) in [7, 11) is 0. The predicted octanol–water partition coefficient (Wildman–Crippen LogP) is 2.16. The highest BCUT2D eigenvalue weighted by atomic mass is 32.2. The van der Waals surface area contributed by atoms with Gasteiger partial charge < -0.3 is 20.4 Å². The van der Waals surface area contributed by atoms with Gasteiger partial charge in [-0.05, 0) is 41.5 Å². The zero-order valence-electron chi connectivity index (χ0n) is 13.2. The molecule has 0 bridgehead atoms. The predicted molar refractivity (Wildman–Crippen MR) is 94.2 cm³/mol. The quantitative estimate of drug-likeness (QED) is 0.669. The van der Waals surface area contributed by atoms with Crippen LogP contribution in [0.1, 0.15) is 12.0 Å². The number of carboxylic acids is 1. The molecule has 0 aliphatic heterocycles. The molecule has 0 fully saturated rings. The van der Waals surface area contributed by atoms with Crippen molar-refractivity contribution in [2.75, 3.05) is 0 Å². The topological polar surface area (TPSA) is 98.0 Å². The zero-order chi connectivity index (χ0) is 18.0. The van der Waals surface area contributed by atoms with Gasteiger partial charge in [0, 0.05) is 16.2 Å². The number of rotatable bonds is 4. The highest BCUT2D eigenvalue weighted by molar-refractivity contribution is 7.99. The first-order valence-corrected chi connectivity index (χ1v) is 8.59. The second-order valence-corrected chi connectivity index (χ2v) is 7.14. The van der Waals surface area contributed by atoms with Crippen molar-refractivity contribution in [2.45, 2.75) is 34.0 Å². The molecule has 0 saturated carbocycles. The number of carbonyl (C=O) groups is 1. The van der Waals surface area contributed by atoms with E-state index in [-0.39, 0.29) is 5.57 Å². The Morgan fingerprint density at radius 1 is 1.04 bits per heavy atom. The van der Waals surface area contributed by atoms with E-state index in [9.17, 15) is 25.2 Å². The summed E-state index contributed by atoms with van der Waals surface area (Å²) in [5.41, 5.74) is -1.43. The van der Waals surface area contributed by atoms with Gasteiger partial charge in [0.05, 0.1) is 6.10 Å². The number of aliphatic hydroxyl groups excluding tert-OH is 2. The summed E-state index contributed by atoms with van der Waals surface area (Å²) >= 11 is 1.52. The summed E-state index contributed by atoms with van der Waals surface area (Å²) in [6, 6.07) is 16.9. The van der Waals surface area contributed by atoms with Crippen LogP contribution in [0.4, 0.5) is 0 Å². The van der Waals surface area contributed by atoms with Gasteiger partial charge in [0.25, 0.3) is 0 Å². The molecule has 2 aromatic carbocycles. The molecular formula is C19H18O5S. The fraction of sp³-hybridized carbons (Fsp3) is 0.211. The normalized spacial score (nSPS) is 26.1. The van der Waals surface area contributed by atoms with Crippen LogP contribution >= 0.6 is 11.8 Å². The van der Waals surface area contributed by atoms with E-state index in [1.165, 1.54) is 11.8 Å². The Hall–Kier alpha value is -2.12. The molecule has 0 spiro atoms. The van der Waals surface area contributed by atoms with Crippen molar-refractivity contribution < 1.29 is 25.2 Å². The minimum atomic E-state index is -2.20. The number of hydrogen-bond donors (Lipinski definition) is 4. The fourth-order valence-electron chi connectivity index (χ4n) is 2.81. The molecule has 5 nitrogen and oxygen atoms in total. The Labute approximate surface area is 149 Å². The molecule has 3 atom stereocenters. The Balaban J connectivity index is 1.96. The Morgan fingerprint density at radius 3 is 2.40 bits per heavy atom. The van der Waals surface area contributed by atoms with Crippen molar-refractivity contribution in [1.82, 2.24) is 0 Å². The van der Waals surface area contributed by atoms with E-state index in [4.69, 9.17) is 0 Å². The van der Waals surface area contributed by atoms with E-state index in [0.29, 0.717) is 5.56 Å². The molecule has 130 valence electrons. The molecule has 0 aromatic heterocycles. The fourth-order valence-corrected chi connectivity index (χ4v) is 3.70. The Morgan fingerprint density at radius 2 is 1.72 bits per heavy atom. The molecule has 6 heteroatoms. The maximum Gasteiger partial charge on any atom is 0.339 e. The molecule has 0 radical (unpaired) electrons. The van der Waals surface area contributed by atoms with Crippen LogP contribution in [0.15, 0.2) is 70.5 Å². The van der Waals surface area contributed by atoms with E-state index >= 15 is 0 Å². The summed E-state index contributed by atoms with van der Waals surface area (Å²) in [5.74, 6) is -1.45. The standard InChI is InChI=1S/C19H18O5S/c20-16-11-19(24,18(22)23)10-15(17(16)21)12-5-4-8-14(9-12)25-13-6-2-1-3-7-13/h1-10,16-17,20-21,24H,11H2,(H,22,23)/t16-,17-,19+/m0/s1. The largest absolute Gasteiger partial charge is 0.479 e. The highest BCUT2D eigenvalue weighted by Gasteiger charge is 2.43. The van der Waals surface area contributed by atoms with Crippen LogP contribution in [0.5, 0.6) is 0 Å². The number of aliphatic hydroxyl groups is 3. The van der Waals surface area contributed by atoms with Gasteiger partial charge >= 0.3 is 5.97 Å². The second kappa shape index (κ2) is 7.01. The number of carboxylic acid groups (broad SMARTS) is 1. The van der Waals surface area contributed by atoms with Crippen LogP contribution in [0.3, 0.4) is 0 Å². The van der Waals surface area contributed by atoms with Crippen molar-refractivity contribution in [3.63, 3.8) is 0 Å². The lowest BCUT2D eigenvalue weighted by molar-refractivity contribution is -0.157. The van der Waals surface area contributed by atoms with E-state index in [0.717, 1.165) is 15.9 Å². The van der Waals surface area contributed by atoms with Gasteiger partial charge in [-0.1, -0.05) is 42.1 Å². The molecule has 0 heterocycles. The molecular weight excluding hydrogens is 340 g/mol. The minimum Gasteiger partial charge on any atom is -0.479 e. The van der Waals surface area contributed by atoms with Crippen LogP contribution in [0.2, 0.25) is 0 Å². The third-order valence-corrected chi connectivity index (χ3v) is 5.11. The minimum absolute atomic E-state index is 0.208. The van der Waals surface area contributed by atoms with Gasteiger partial charge in [0.15, 0.2) is 5.60 Å². The molecule has 0 amide bonds. The smallest absolute Gasteiger partial charge is 0.339 e. The van der Waals surface area contributed by atoms with Crippen LogP contribution in [0.25, 0.3) is 5.57 Å². The molecule has 0 unspecified atom stereocenters. The van der Waals surface area contributed by atoms with E-state index in [1.54, 1.807) is 18.2 Å². The second-order valence-electron chi connectivity index (χ2n) is 5.99. The van der Waals surface area contributed by atoms with Crippen molar-refractivity contribution in [3.05, 3.63) is 66.2 Å². The summed E-state index contributed by atoms with van der Waals surface area (Å²) in [6.45, 7) is 0. The lowest BCUT2D eigenvalue weighted by Crippen LogP contribution is -2.47. The molecule has 0 saturated heterocycles. The van der Waals surface area contributed by atoms with Crippen LogP contribution in [-0.4, -0.2) is 44.2 Å². The molecule has 1 aliphatic carbocycles. The lowest BCUT2D eigenvalue weighted by atomic mass is 9.80. The zero-order valence-corrected chi connectivity index (χ0v) is 14.1. The van der Waals surface area contributed by atoms with Gasteiger partial charge in [0.2, 0.25) is 0 Å². The SMILES string of the molecule is O=C(O)[C@@]1(O)C=C(c2cccc(Sc3ccccc3)c2)[C@H](O)[C@@H](O)C1. The van der Waals surface area contributed by atoms with Crippen LogP contribution in [0, 0.1) is 0 Å². The van der Waals surface area contributed by atoms with E-state index in [1.807, 2.05) is 36.4 Å². The number of benzene rings is 2. The summed E-state index contributed by atoms with van der Waals surface area (Å²) in [6.07, 6.45) is -1.94. The van der Waals surface area contributed by atoms with Gasteiger partial charge in [-0.15, -0.1) is 0 Å². The average molecular weight is 358 g/mol. The summed E-state index contributed by atoms with van der Waals surface area (Å²) < 4.78 is 0. The molecule has 4 N–H and O–H groups in total. The Kier molecular flexibility index (Phi) is 4.96. The van der Waals surface area contributed by atoms with Gasteiger partial charge in [-0.2, -0.15) is 0 Å². The third kappa shape index (κ3) is 3.77. The van der Waals surface area contributed by atoms with Crippen LogP contribution < -0.4 is 0 Å². The first kappa shape index (κ1) is 17.7. The van der Waals surface area contributed by atoms with Crippen molar-refractivity contribution >= 4 is 23.3 Å². The number of hydrogen-bond acceptors (Lipinski definition) is 5. The summed E-state index contributed by atoms with van der Waals surface area (Å²) in [5, 5.41) is 39.7. The summed E-state index contributed by atoms with van der Waals surface area (Å²) in [4.78, 5) is 13.3. The Bertz CT molecular complexity index is 804. The molecule has 1 aliphatic rings. The molecule has 2 aromatic rings. The maximum absolute atomic E-state index is 11.3. The highest BCUT2D eigenvalue weighted by Crippen LogP contribution is 2.36. The van der Waals surface area contributed by atoms with Crippen molar-refractivity contribution in [1.29, 1.82) is 0 Å². The van der Waals surface area contributed by atoms with Gasteiger partial charge in [0.1, 0.15) is 6.10 Å². The first-order chi connectivity index (χ1) is 11.9. The third-order valence-electron chi connectivity index (χ3n) is 4.11.